The molecule has 1 atom stereocenters. The van der Waals surface area contributed by atoms with Crippen LogP contribution < -0.4 is 16.0 Å². The fraction of sp³-hybridized carbons (Fsp3) is 0.200. The number of hydrogen-bond acceptors (Lipinski definition) is 2. The molecule has 2 aromatic carbocycles. The van der Waals surface area contributed by atoms with Gasteiger partial charge in [-0.25, -0.2) is 0 Å². The van der Waals surface area contributed by atoms with Gasteiger partial charge < -0.3 is 16.0 Å². The van der Waals surface area contributed by atoms with E-state index in [-0.39, 0.29) is 11.9 Å². The van der Waals surface area contributed by atoms with Gasteiger partial charge in [0.25, 0.3) is 5.91 Å². The van der Waals surface area contributed by atoms with E-state index in [0.29, 0.717) is 17.2 Å². The van der Waals surface area contributed by atoms with Crippen LogP contribution in [0.3, 0.4) is 0 Å². The second-order valence-electron chi connectivity index (χ2n) is 5.97. The summed E-state index contributed by atoms with van der Waals surface area (Å²) in [5.41, 5.74) is 3.68. The molecule has 25 heavy (non-hydrogen) atoms. The van der Waals surface area contributed by atoms with Crippen molar-refractivity contribution in [3.63, 3.8) is 0 Å². The van der Waals surface area contributed by atoms with Crippen LogP contribution in [-0.2, 0) is 11.2 Å². The molecule has 0 aliphatic carbocycles. The molecule has 0 fully saturated rings. The second kappa shape index (κ2) is 7.94. The van der Waals surface area contributed by atoms with Gasteiger partial charge in [-0.05, 0) is 36.7 Å². The quantitative estimate of drug-likeness (QED) is 0.725. The lowest BCUT2D eigenvalue weighted by Crippen LogP contribution is -2.47. The summed E-state index contributed by atoms with van der Waals surface area (Å²) in [6.07, 6.45) is 0.800. The van der Waals surface area contributed by atoms with Crippen molar-refractivity contribution in [2.45, 2.75) is 19.4 Å². The minimum atomic E-state index is -0.244. The van der Waals surface area contributed by atoms with E-state index in [4.69, 9.17) is 12.2 Å². The highest BCUT2D eigenvalue weighted by atomic mass is 32.1. The number of carbonyl (C=O) groups is 1. The van der Waals surface area contributed by atoms with Crippen LogP contribution in [0.25, 0.3) is 0 Å². The van der Waals surface area contributed by atoms with Gasteiger partial charge in [0.15, 0.2) is 5.11 Å². The Bertz CT molecular complexity index is 787. The Morgan fingerprint density at radius 3 is 2.40 bits per heavy atom. The monoisotopic (exact) mass is 351 g/mol. The van der Waals surface area contributed by atoms with Crippen molar-refractivity contribution >= 4 is 23.2 Å². The van der Waals surface area contributed by atoms with Crippen molar-refractivity contribution in [3.05, 3.63) is 83.1 Å². The van der Waals surface area contributed by atoms with E-state index in [1.54, 1.807) is 0 Å². The van der Waals surface area contributed by atoms with Crippen molar-refractivity contribution in [2.75, 3.05) is 6.54 Å². The molecule has 0 saturated heterocycles. The van der Waals surface area contributed by atoms with E-state index in [2.05, 4.69) is 28.1 Å². The zero-order valence-corrected chi connectivity index (χ0v) is 14.9. The molecule has 4 nitrogen and oxygen atoms in total. The highest BCUT2D eigenvalue weighted by molar-refractivity contribution is 7.80. The van der Waals surface area contributed by atoms with Gasteiger partial charge in [-0.15, -0.1) is 0 Å². The number of hydrogen-bond donors (Lipinski definition) is 3. The Labute approximate surface area is 153 Å². The SMILES string of the molecule is CC1=C(C(=O)NCCc2ccccc2)C(c2ccccc2)NC(=S)N1. The molecule has 0 spiro atoms. The van der Waals surface area contributed by atoms with Crippen LogP contribution in [-0.4, -0.2) is 17.6 Å². The molecular weight excluding hydrogens is 330 g/mol. The fourth-order valence-corrected chi connectivity index (χ4v) is 3.22. The summed E-state index contributed by atoms with van der Waals surface area (Å²) in [5.74, 6) is -0.0789. The molecule has 0 bridgehead atoms. The second-order valence-corrected chi connectivity index (χ2v) is 6.38. The van der Waals surface area contributed by atoms with Crippen LogP contribution in [0.1, 0.15) is 24.1 Å². The molecule has 1 aliphatic heterocycles. The lowest BCUT2D eigenvalue weighted by Gasteiger charge is -2.30. The standard InChI is InChI=1S/C20H21N3OS/c1-14-17(19(24)21-13-12-15-8-4-2-5-9-15)18(23-20(25)22-14)16-10-6-3-7-11-16/h2-11,18H,12-13H2,1H3,(H,21,24)(H2,22,23,25). The fourth-order valence-electron chi connectivity index (χ4n) is 2.95. The molecule has 2 aromatic rings. The van der Waals surface area contributed by atoms with Crippen LogP contribution in [0.4, 0.5) is 0 Å². The van der Waals surface area contributed by atoms with Gasteiger partial charge in [0.2, 0.25) is 0 Å². The maximum absolute atomic E-state index is 12.8. The topological polar surface area (TPSA) is 53.2 Å². The summed E-state index contributed by atoms with van der Waals surface area (Å²) in [6.45, 7) is 2.47. The number of thiocarbonyl (C=S) groups is 1. The normalized spacial score (nSPS) is 16.8. The minimum Gasteiger partial charge on any atom is -0.352 e. The smallest absolute Gasteiger partial charge is 0.251 e. The van der Waals surface area contributed by atoms with Crippen LogP contribution in [0.5, 0.6) is 0 Å². The Morgan fingerprint density at radius 2 is 1.72 bits per heavy atom. The van der Waals surface area contributed by atoms with Crippen LogP contribution in [0.15, 0.2) is 71.9 Å². The first-order chi connectivity index (χ1) is 12.1. The molecule has 5 heteroatoms. The van der Waals surface area contributed by atoms with Gasteiger partial charge in [0.05, 0.1) is 11.6 Å². The molecule has 0 aromatic heterocycles. The number of carbonyl (C=O) groups excluding carboxylic acids is 1. The van der Waals surface area contributed by atoms with Crippen molar-refractivity contribution in [2.24, 2.45) is 0 Å². The average molecular weight is 351 g/mol. The number of rotatable bonds is 5. The molecule has 1 heterocycles. The van der Waals surface area contributed by atoms with Crippen molar-refractivity contribution in [1.29, 1.82) is 0 Å². The number of amides is 1. The maximum atomic E-state index is 12.8. The van der Waals surface area contributed by atoms with Crippen LogP contribution >= 0.6 is 12.2 Å². The van der Waals surface area contributed by atoms with E-state index in [1.807, 2.05) is 55.5 Å². The molecule has 0 saturated carbocycles. The summed E-state index contributed by atoms with van der Waals surface area (Å²) in [7, 11) is 0. The van der Waals surface area contributed by atoms with Crippen LogP contribution in [0.2, 0.25) is 0 Å². The maximum Gasteiger partial charge on any atom is 0.251 e. The number of allylic oxidation sites excluding steroid dienone is 1. The summed E-state index contributed by atoms with van der Waals surface area (Å²) in [5, 5.41) is 9.82. The molecule has 1 unspecified atom stereocenters. The highest BCUT2D eigenvalue weighted by Crippen LogP contribution is 2.26. The highest BCUT2D eigenvalue weighted by Gasteiger charge is 2.29. The predicted octanol–water partition coefficient (Wildman–Crippen LogP) is 2.84. The molecule has 3 rings (SSSR count). The zero-order valence-electron chi connectivity index (χ0n) is 14.1. The van der Waals surface area contributed by atoms with Crippen molar-refractivity contribution < 1.29 is 4.79 Å². The van der Waals surface area contributed by atoms with E-state index in [9.17, 15) is 4.79 Å². The third-order valence-corrected chi connectivity index (χ3v) is 4.41. The van der Waals surface area contributed by atoms with Gasteiger partial charge in [-0.2, -0.15) is 0 Å². The lowest BCUT2D eigenvalue weighted by atomic mass is 9.95. The average Bonchev–Trinajstić information content (AvgIpc) is 2.62. The molecule has 1 amide bonds. The molecule has 128 valence electrons. The first-order valence-electron chi connectivity index (χ1n) is 8.30. The summed E-state index contributed by atoms with van der Waals surface area (Å²) >= 11 is 5.26. The zero-order chi connectivity index (χ0) is 17.6. The Kier molecular flexibility index (Phi) is 5.46. The number of nitrogens with one attached hydrogen (secondary N) is 3. The van der Waals surface area contributed by atoms with Gasteiger partial charge in [-0.1, -0.05) is 60.7 Å². The largest absolute Gasteiger partial charge is 0.352 e. The summed E-state index contributed by atoms with van der Waals surface area (Å²) < 4.78 is 0. The minimum absolute atomic E-state index is 0.0789. The van der Waals surface area contributed by atoms with Crippen LogP contribution in [0, 0.1) is 0 Å². The predicted molar refractivity (Wildman–Crippen MR) is 104 cm³/mol. The van der Waals surface area contributed by atoms with Gasteiger partial charge >= 0.3 is 0 Å². The first-order valence-corrected chi connectivity index (χ1v) is 8.71. The van der Waals surface area contributed by atoms with E-state index in [0.717, 1.165) is 17.7 Å². The lowest BCUT2D eigenvalue weighted by molar-refractivity contribution is -0.117. The van der Waals surface area contributed by atoms with Crippen molar-refractivity contribution in [1.82, 2.24) is 16.0 Å². The van der Waals surface area contributed by atoms with E-state index >= 15 is 0 Å². The summed E-state index contributed by atoms with van der Waals surface area (Å²) in [6, 6.07) is 19.7. The van der Waals surface area contributed by atoms with Gasteiger partial charge in [0.1, 0.15) is 0 Å². The Balaban J connectivity index is 1.73. The summed E-state index contributed by atoms with van der Waals surface area (Å²) in [4.78, 5) is 12.8. The third kappa shape index (κ3) is 4.25. The Morgan fingerprint density at radius 1 is 1.08 bits per heavy atom. The van der Waals surface area contributed by atoms with Gasteiger partial charge in [-0.3, -0.25) is 4.79 Å². The van der Waals surface area contributed by atoms with Gasteiger partial charge in [0, 0.05) is 12.2 Å². The molecule has 0 radical (unpaired) electrons. The Hall–Kier alpha value is -2.66. The first kappa shape index (κ1) is 17.2. The van der Waals surface area contributed by atoms with E-state index < -0.39 is 0 Å². The molecular formula is C20H21N3OS. The van der Waals surface area contributed by atoms with Crippen molar-refractivity contribution in [3.8, 4) is 0 Å². The third-order valence-electron chi connectivity index (χ3n) is 4.19. The van der Waals surface area contributed by atoms with E-state index in [1.165, 1.54) is 5.56 Å². The molecule has 3 N–H and O–H groups in total. The number of benzene rings is 2. The molecule has 1 aliphatic rings.